The first-order chi connectivity index (χ1) is 13.1. The van der Waals surface area contributed by atoms with Crippen LogP contribution < -0.4 is 5.43 Å². The molecular weight excluding hydrogens is 385 g/mol. The summed E-state index contributed by atoms with van der Waals surface area (Å²) in [5.74, 6) is -0.428. The lowest BCUT2D eigenvalue weighted by Gasteiger charge is -2.31. The maximum Gasteiger partial charge on any atom is 0.255 e. The van der Waals surface area contributed by atoms with Crippen molar-refractivity contribution in [3.63, 3.8) is 0 Å². The number of nitrogens with zero attached hydrogens (tertiary/aromatic N) is 2. The molecule has 0 unspecified atom stereocenters. The van der Waals surface area contributed by atoms with E-state index < -0.39 is 0 Å². The zero-order valence-corrected chi connectivity index (χ0v) is 16.1. The van der Waals surface area contributed by atoms with Crippen LogP contribution in [0.25, 0.3) is 0 Å². The Morgan fingerprint density at radius 2 is 1.63 bits per heavy atom. The summed E-state index contributed by atoms with van der Waals surface area (Å²) in [7, 11) is 0. The zero-order chi connectivity index (χ0) is 19.2. The monoisotopic (exact) mass is 403 g/mol. The van der Waals surface area contributed by atoms with E-state index >= 15 is 0 Å². The summed E-state index contributed by atoms with van der Waals surface area (Å²) in [5.41, 5.74) is 3.79. The van der Waals surface area contributed by atoms with E-state index in [1.807, 2.05) is 18.2 Å². The van der Waals surface area contributed by atoms with Gasteiger partial charge in [-0.25, -0.2) is 5.43 Å². The fourth-order valence-corrected chi connectivity index (χ4v) is 3.39. The van der Waals surface area contributed by atoms with Gasteiger partial charge in [-0.3, -0.25) is 9.59 Å². The normalized spacial score (nSPS) is 15.1. The van der Waals surface area contributed by atoms with Crippen molar-refractivity contribution < 1.29 is 9.59 Å². The molecule has 0 saturated carbocycles. The highest BCUT2D eigenvalue weighted by atomic mass is 35.5. The number of likely N-dealkylation sites (tertiary alicyclic amines) is 1. The van der Waals surface area contributed by atoms with Crippen molar-refractivity contribution in [3.8, 4) is 0 Å². The number of amides is 2. The van der Waals surface area contributed by atoms with E-state index in [1.54, 1.807) is 35.2 Å². The number of rotatable bonds is 4. The Morgan fingerprint density at radius 1 is 1.00 bits per heavy atom. The lowest BCUT2D eigenvalue weighted by Crippen LogP contribution is -2.42. The summed E-state index contributed by atoms with van der Waals surface area (Å²) in [4.78, 5) is 26.6. The first kappa shape index (κ1) is 19.4. The minimum atomic E-state index is -0.177. The molecule has 140 valence electrons. The SMILES string of the molecule is O=C(N/N=C\c1ccccc1Cl)C1CCN(C(=O)c2ccccc2Cl)CC1. The third-order valence-corrected chi connectivity index (χ3v) is 5.21. The van der Waals surface area contributed by atoms with Gasteiger partial charge in [0, 0.05) is 29.6 Å². The van der Waals surface area contributed by atoms with Crippen LogP contribution in [0, 0.1) is 5.92 Å². The number of hydrogen-bond acceptors (Lipinski definition) is 3. The summed E-state index contributed by atoms with van der Waals surface area (Å²) in [5, 5.41) is 5.00. The molecule has 3 rings (SSSR count). The Balaban J connectivity index is 1.51. The molecule has 0 aliphatic carbocycles. The quantitative estimate of drug-likeness (QED) is 0.619. The maximum atomic E-state index is 12.6. The molecule has 1 aliphatic rings. The molecule has 1 fully saturated rings. The van der Waals surface area contributed by atoms with Gasteiger partial charge in [0.15, 0.2) is 0 Å². The second-order valence-electron chi connectivity index (χ2n) is 6.30. The van der Waals surface area contributed by atoms with Gasteiger partial charge in [0.25, 0.3) is 5.91 Å². The van der Waals surface area contributed by atoms with E-state index in [0.717, 1.165) is 5.56 Å². The van der Waals surface area contributed by atoms with E-state index in [1.165, 1.54) is 6.21 Å². The molecule has 2 aromatic carbocycles. The summed E-state index contributed by atoms with van der Waals surface area (Å²) in [6, 6.07) is 14.2. The third kappa shape index (κ3) is 4.87. The van der Waals surface area contributed by atoms with Gasteiger partial charge in [-0.05, 0) is 31.0 Å². The van der Waals surface area contributed by atoms with Crippen LogP contribution in [-0.4, -0.2) is 36.0 Å². The van der Waals surface area contributed by atoms with Gasteiger partial charge < -0.3 is 4.90 Å². The highest BCUT2D eigenvalue weighted by Gasteiger charge is 2.28. The predicted octanol–water partition coefficient (Wildman–Crippen LogP) is 4.00. The predicted molar refractivity (Wildman–Crippen MR) is 107 cm³/mol. The van der Waals surface area contributed by atoms with Crippen LogP contribution in [0.2, 0.25) is 10.0 Å². The van der Waals surface area contributed by atoms with Crippen LogP contribution in [-0.2, 0) is 4.79 Å². The fraction of sp³-hybridized carbons (Fsp3) is 0.250. The largest absolute Gasteiger partial charge is 0.339 e. The minimum absolute atomic E-state index is 0.101. The highest BCUT2D eigenvalue weighted by molar-refractivity contribution is 6.34. The minimum Gasteiger partial charge on any atom is -0.339 e. The first-order valence-electron chi connectivity index (χ1n) is 8.67. The number of nitrogens with one attached hydrogen (secondary N) is 1. The van der Waals surface area contributed by atoms with E-state index in [0.29, 0.717) is 41.5 Å². The Hall–Kier alpha value is -2.37. The number of carbonyl (C=O) groups excluding carboxylic acids is 2. The second-order valence-corrected chi connectivity index (χ2v) is 7.12. The van der Waals surface area contributed by atoms with Gasteiger partial charge in [-0.2, -0.15) is 5.10 Å². The van der Waals surface area contributed by atoms with Gasteiger partial charge >= 0.3 is 0 Å². The van der Waals surface area contributed by atoms with Crippen molar-refractivity contribution in [2.24, 2.45) is 11.0 Å². The number of hydrogen-bond donors (Lipinski definition) is 1. The fourth-order valence-electron chi connectivity index (χ4n) is 2.99. The van der Waals surface area contributed by atoms with Crippen molar-refractivity contribution >= 4 is 41.2 Å². The molecule has 2 aromatic rings. The van der Waals surface area contributed by atoms with Gasteiger partial charge in [-0.15, -0.1) is 0 Å². The topological polar surface area (TPSA) is 61.8 Å². The average molecular weight is 404 g/mol. The van der Waals surface area contributed by atoms with Crippen molar-refractivity contribution in [2.45, 2.75) is 12.8 Å². The number of halogens is 2. The zero-order valence-electron chi connectivity index (χ0n) is 14.6. The lowest BCUT2D eigenvalue weighted by molar-refractivity contribution is -0.126. The van der Waals surface area contributed by atoms with Gasteiger partial charge in [0.05, 0.1) is 16.8 Å². The number of carbonyl (C=O) groups is 2. The smallest absolute Gasteiger partial charge is 0.255 e. The number of piperidine rings is 1. The summed E-state index contributed by atoms with van der Waals surface area (Å²) in [6.07, 6.45) is 2.70. The lowest BCUT2D eigenvalue weighted by atomic mass is 9.95. The highest BCUT2D eigenvalue weighted by Crippen LogP contribution is 2.22. The summed E-state index contributed by atoms with van der Waals surface area (Å²) in [6.45, 7) is 1.02. The van der Waals surface area contributed by atoms with E-state index in [9.17, 15) is 9.59 Å². The van der Waals surface area contributed by atoms with Crippen molar-refractivity contribution in [2.75, 3.05) is 13.1 Å². The summed E-state index contributed by atoms with van der Waals surface area (Å²) >= 11 is 12.1. The molecule has 0 spiro atoms. The molecule has 7 heteroatoms. The van der Waals surface area contributed by atoms with E-state index in [4.69, 9.17) is 23.2 Å². The molecule has 1 heterocycles. The standard InChI is InChI=1S/C20H19Cl2N3O2/c21-17-7-3-1-5-15(17)13-23-24-19(26)14-9-11-25(12-10-14)20(27)16-6-2-4-8-18(16)22/h1-8,13-14H,9-12H2,(H,24,26)/b23-13-. The molecule has 0 aromatic heterocycles. The van der Waals surface area contributed by atoms with E-state index in [-0.39, 0.29) is 17.7 Å². The van der Waals surface area contributed by atoms with Gasteiger partial charge in [0.2, 0.25) is 5.91 Å². The van der Waals surface area contributed by atoms with Gasteiger partial charge in [0.1, 0.15) is 0 Å². The van der Waals surface area contributed by atoms with Gasteiger partial charge in [-0.1, -0.05) is 53.5 Å². The first-order valence-corrected chi connectivity index (χ1v) is 9.43. The van der Waals surface area contributed by atoms with Crippen LogP contribution in [0.15, 0.2) is 53.6 Å². The molecule has 27 heavy (non-hydrogen) atoms. The van der Waals surface area contributed by atoms with Crippen LogP contribution in [0.3, 0.4) is 0 Å². The number of benzene rings is 2. The molecule has 0 atom stereocenters. The number of hydrazone groups is 1. The van der Waals surface area contributed by atoms with Crippen LogP contribution >= 0.6 is 23.2 Å². The second kappa shape index (κ2) is 9.02. The molecule has 1 aliphatic heterocycles. The Morgan fingerprint density at radius 3 is 2.30 bits per heavy atom. The Kier molecular flexibility index (Phi) is 6.48. The molecule has 1 saturated heterocycles. The van der Waals surface area contributed by atoms with Crippen molar-refractivity contribution in [1.29, 1.82) is 0 Å². The van der Waals surface area contributed by atoms with Crippen LogP contribution in [0.4, 0.5) is 0 Å². The molecule has 2 amide bonds. The Labute approximate surface area is 168 Å². The summed E-state index contributed by atoms with van der Waals surface area (Å²) < 4.78 is 0. The average Bonchev–Trinajstić information content (AvgIpc) is 2.69. The molecular formula is C20H19Cl2N3O2. The Bertz CT molecular complexity index is 862. The van der Waals surface area contributed by atoms with Crippen molar-refractivity contribution in [3.05, 3.63) is 69.7 Å². The van der Waals surface area contributed by atoms with Crippen LogP contribution in [0.5, 0.6) is 0 Å². The van der Waals surface area contributed by atoms with Crippen LogP contribution in [0.1, 0.15) is 28.8 Å². The molecule has 5 nitrogen and oxygen atoms in total. The molecule has 1 N–H and O–H groups in total. The molecule has 0 bridgehead atoms. The molecule has 0 radical (unpaired) electrons. The van der Waals surface area contributed by atoms with E-state index in [2.05, 4.69) is 10.5 Å². The maximum absolute atomic E-state index is 12.6. The third-order valence-electron chi connectivity index (χ3n) is 4.54. The van der Waals surface area contributed by atoms with Crippen molar-refractivity contribution in [1.82, 2.24) is 10.3 Å².